The lowest BCUT2D eigenvalue weighted by atomic mass is 9.97. The largest absolute Gasteiger partial charge is 0.345 e. The molecule has 1 atom stereocenters. The summed E-state index contributed by atoms with van der Waals surface area (Å²) in [7, 11) is 1.91. The fourth-order valence-corrected chi connectivity index (χ4v) is 4.58. The molecule has 0 aliphatic carbocycles. The van der Waals surface area contributed by atoms with Crippen LogP contribution in [0.25, 0.3) is 0 Å². The standard InChI is InChI=1S/C23H34ClN3O2/c1-25(22(28)12-16-27-14-3-2-6-23(27)29)17-20-5-4-13-26(18-20)15-11-19-7-9-21(24)10-8-19/h7-10,20H,2-6,11-18H2,1H3. The van der Waals surface area contributed by atoms with Gasteiger partial charge >= 0.3 is 0 Å². The van der Waals surface area contributed by atoms with Crippen LogP contribution in [-0.2, 0) is 16.0 Å². The number of rotatable bonds is 8. The maximum atomic E-state index is 12.5. The summed E-state index contributed by atoms with van der Waals surface area (Å²) in [6.07, 6.45) is 6.52. The van der Waals surface area contributed by atoms with Gasteiger partial charge in [0.05, 0.1) is 0 Å². The van der Waals surface area contributed by atoms with E-state index in [0.29, 0.717) is 25.3 Å². The minimum absolute atomic E-state index is 0.154. The molecule has 0 bridgehead atoms. The number of hydrogen-bond donors (Lipinski definition) is 0. The van der Waals surface area contributed by atoms with Crippen LogP contribution in [0.2, 0.25) is 5.02 Å². The first-order valence-electron chi connectivity index (χ1n) is 11.0. The van der Waals surface area contributed by atoms with Crippen molar-refractivity contribution >= 4 is 23.4 Å². The quantitative estimate of drug-likeness (QED) is 0.648. The summed E-state index contributed by atoms with van der Waals surface area (Å²) in [5.41, 5.74) is 1.32. The number of carbonyl (C=O) groups excluding carboxylic acids is 2. The number of likely N-dealkylation sites (tertiary alicyclic amines) is 2. The molecule has 2 fully saturated rings. The molecule has 2 heterocycles. The molecule has 1 aromatic carbocycles. The minimum atomic E-state index is 0.154. The normalized spacial score (nSPS) is 20.7. The van der Waals surface area contributed by atoms with Crippen molar-refractivity contribution in [2.45, 2.75) is 44.9 Å². The highest BCUT2D eigenvalue weighted by Crippen LogP contribution is 2.19. The van der Waals surface area contributed by atoms with Gasteiger partial charge in [-0.3, -0.25) is 9.59 Å². The number of hydrogen-bond acceptors (Lipinski definition) is 3. The smallest absolute Gasteiger partial charge is 0.224 e. The summed E-state index contributed by atoms with van der Waals surface area (Å²) in [5, 5.41) is 0.782. The topological polar surface area (TPSA) is 43.9 Å². The predicted octanol–water partition coefficient (Wildman–Crippen LogP) is 3.46. The fraction of sp³-hybridized carbons (Fsp3) is 0.652. The van der Waals surface area contributed by atoms with Crippen molar-refractivity contribution in [3.8, 4) is 0 Å². The van der Waals surface area contributed by atoms with Crippen LogP contribution in [0.1, 0.15) is 44.1 Å². The van der Waals surface area contributed by atoms with E-state index in [9.17, 15) is 9.59 Å². The first kappa shape index (κ1) is 22.1. The van der Waals surface area contributed by atoms with E-state index in [1.807, 2.05) is 29.0 Å². The Kier molecular flexibility index (Phi) is 8.37. The van der Waals surface area contributed by atoms with Gasteiger partial charge in [-0.05, 0) is 62.3 Å². The Balaban J connectivity index is 1.38. The molecule has 0 saturated carbocycles. The second-order valence-corrected chi connectivity index (χ2v) is 8.98. The third-order valence-electron chi connectivity index (χ3n) is 6.21. The van der Waals surface area contributed by atoms with Gasteiger partial charge < -0.3 is 14.7 Å². The average molecular weight is 420 g/mol. The zero-order valence-electron chi connectivity index (χ0n) is 17.6. The van der Waals surface area contributed by atoms with Gasteiger partial charge in [-0.2, -0.15) is 0 Å². The SMILES string of the molecule is CN(CC1CCCN(CCc2ccc(Cl)cc2)C1)C(=O)CCN1CCCCC1=O. The van der Waals surface area contributed by atoms with E-state index in [0.717, 1.165) is 57.0 Å². The number of halogens is 1. The molecule has 29 heavy (non-hydrogen) atoms. The van der Waals surface area contributed by atoms with Gasteiger partial charge in [0.25, 0.3) is 0 Å². The summed E-state index contributed by atoms with van der Waals surface area (Å²) < 4.78 is 0. The molecular weight excluding hydrogens is 386 g/mol. The molecule has 0 radical (unpaired) electrons. The zero-order valence-corrected chi connectivity index (χ0v) is 18.4. The van der Waals surface area contributed by atoms with Gasteiger partial charge in [0.15, 0.2) is 0 Å². The second-order valence-electron chi connectivity index (χ2n) is 8.55. The molecule has 2 saturated heterocycles. The molecule has 3 rings (SSSR count). The van der Waals surface area contributed by atoms with Gasteiger partial charge in [-0.15, -0.1) is 0 Å². The van der Waals surface area contributed by atoms with E-state index in [1.165, 1.54) is 18.4 Å². The molecule has 160 valence electrons. The van der Waals surface area contributed by atoms with Gasteiger partial charge in [0.1, 0.15) is 0 Å². The number of benzene rings is 1. The Hall–Kier alpha value is -1.59. The van der Waals surface area contributed by atoms with E-state index in [4.69, 9.17) is 11.6 Å². The van der Waals surface area contributed by atoms with Crippen molar-refractivity contribution in [1.82, 2.24) is 14.7 Å². The number of piperidine rings is 2. The van der Waals surface area contributed by atoms with Gasteiger partial charge in [0, 0.05) is 57.6 Å². The molecule has 6 heteroatoms. The molecule has 0 spiro atoms. The Labute approximate surface area is 180 Å². The Morgan fingerprint density at radius 3 is 2.69 bits per heavy atom. The minimum Gasteiger partial charge on any atom is -0.345 e. The predicted molar refractivity (Wildman–Crippen MR) is 117 cm³/mol. The van der Waals surface area contributed by atoms with E-state index >= 15 is 0 Å². The first-order valence-corrected chi connectivity index (χ1v) is 11.4. The van der Waals surface area contributed by atoms with Crippen LogP contribution in [0.5, 0.6) is 0 Å². The van der Waals surface area contributed by atoms with E-state index in [2.05, 4.69) is 17.0 Å². The van der Waals surface area contributed by atoms with Crippen LogP contribution in [0.15, 0.2) is 24.3 Å². The maximum Gasteiger partial charge on any atom is 0.224 e. The van der Waals surface area contributed by atoms with Crippen molar-refractivity contribution in [1.29, 1.82) is 0 Å². The van der Waals surface area contributed by atoms with Crippen LogP contribution in [0, 0.1) is 5.92 Å². The number of nitrogens with zero attached hydrogens (tertiary/aromatic N) is 3. The van der Waals surface area contributed by atoms with Crippen molar-refractivity contribution in [2.24, 2.45) is 5.92 Å². The summed E-state index contributed by atoms with van der Waals surface area (Å²) in [4.78, 5) is 30.7. The first-order chi connectivity index (χ1) is 14.0. The molecule has 5 nitrogen and oxygen atoms in total. The molecule has 2 aliphatic heterocycles. The van der Waals surface area contributed by atoms with E-state index in [-0.39, 0.29) is 11.8 Å². The van der Waals surface area contributed by atoms with Crippen LogP contribution < -0.4 is 0 Å². The summed E-state index contributed by atoms with van der Waals surface area (Å²) >= 11 is 5.97. The molecule has 0 N–H and O–H groups in total. The third kappa shape index (κ3) is 7.00. The lowest BCUT2D eigenvalue weighted by Crippen LogP contribution is -2.43. The Morgan fingerprint density at radius 1 is 1.14 bits per heavy atom. The summed E-state index contributed by atoms with van der Waals surface area (Å²) in [6, 6.07) is 8.11. The molecule has 1 unspecified atom stereocenters. The highest BCUT2D eigenvalue weighted by molar-refractivity contribution is 6.30. The van der Waals surface area contributed by atoms with E-state index < -0.39 is 0 Å². The van der Waals surface area contributed by atoms with Crippen LogP contribution in [0.3, 0.4) is 0 Å². The summed E-state index contributed by atoms with van der Waals surface area (Å²) in [6.45, 7) is 5.42. The van der Waals surface area contributed by atoms with Gasteiger partial charge in [0.2, 0.25) is 11.8 Å². The molecule has 2 aliphatic rings. The maximum absolute atomic E-state index is 12.5. The monoisotopic (exact) mass is 419 g/mol. The Bertz CT molecular complexity index is 679. The lowest BCUT2D eigenvalue weighted by Gasteiger charge is -2.35. The molecule has 1 aromatic rings. The van der Waals surface area contributed by atoms with Crippen LogP contribution in [0.4, 0.5) is 0 Å². The van der Waals surface area contributed by atoms with Crippen molar-refractivity contribution < 1.29 is 9.59 Å². The number of amides is 2. The van der Waals surface area contributed by atoms with Crippen molar-refractivity contribution in [3.05, 3.63) is 34.9 Å². The number of carbonyl (C=O) groups is 2. The van der Waals surface area contributed by atoms with Crippen LogP contribution in [-0.4, -0.2) is 72.8 Å². The third-order valence-corrected chi connectivity index (χ3v) is 6.46. The zero-order chi connectivity index (χ0) is 20.6. The lowest BCUT2D eigenvalue weighted by molar-refractivity contribution is -0.135. The molecule has 0 aromatic heterocycles. The average Bonchev–Trinajstić information content (AvgIpc) is 2.73. The fourth-order valence-electron chi connectivity index (χ4n) is 4.45. The van der Waals surface area contributed by atoms with E-state index in [1.54, 1.807) is 0 Å². The van der Waals surface area contributed by atoms with Crippen molar-refractivity contribution in [3.63, 3.8) is 0 Å². The Morgan fingerprint density at radius 2 is 1.93 bits per heavy atom. The van der Waals surface area contributed by atoms with Crippen molar-refractivity contribution in [2.75, 3.05) is 46.3 Å². The highest BCUT2D eigenvalue weighted by atomic mass is 35.5. The molecule has 2 amide bonds. The second kappa shape index (κ2) is 11.0. The molecular formula is C23H34ClN3O2. The van der Waals surface area contributed by atoms with Crippen LogP contribution >= 0.6 is 11.6 Å². The van der Waals surface area contributed by atoms with Gasteiger partial charge in [-0.25, -0.2) is 0 Å². The summed E-state index contributed by atoms with van der Waals surface area (Å²) in [5.74, 6) is 0.886. The van der Waals surface area contributed by atoms with Gasteiger partial charge in [-0.1, -0.05) is 23.7 Å². The highest BCUT2D eigenvalue weighted by Gasteiger charge is 2.24.